The van der Waals surface area contributed by atoms with Crippen LogP contribution in [-0.2, 0) is 16.1 Å². The molecule has 168 valence electrons. The summed E-state index contributed by atoms with van der Waals surface area (Å²) in [7, 11) is 1.52. The predicted octanol–water partition coefficient (Wildman–Crippen LogP) is 1.70. The Morgan fingerprint density at radius 3 is 2.52 bits per heavy atom. The van der Waals surface area contributed by atoms with Crippen molar-refractivity contribution in [3.63, 3.8) is 0 Å². The van der Waals surface area contributed by atoms with E-state index in [9.17, 15) is 19.2 Å². The van der Waals surface area contributed by atoms with Gasteiger partial charge in [0.05, 0.1) is 37.2 Å². The molecule has 0 radical (unpaired) electrons. The highest BCUT2D eigenvalue weighted by Crippen LogP contribution is 2.40. The van der Waals surface area contributed by atoms with Gasteiger partial charge in [0.25, 0.3) is 0 Å². The number of hydrogen-bond donors (Lipinski definition) is 1. The molecule has 1 N–H and O–H groups in total. The lowest BCUT2D eigenvalue weighted by atomic mass is 9.84. The Balaban J connectivity index is 1.42. The number of aromatic amines is 1. The number of allylic oxidation sites excluding steroid dienone is 1. The van der Waals surface area contributed by atoms with E-state index in [1.54, 1.807) is 36.4 Å². The second-order valence-electron chi connectivity index (χ2n) is 8.17. The molecule has 0 bridgehead atoms. The first-order valence-electron chi connectivity index (χ1n) is 10.6. The average Bonchev–Trinajstić information content (AvgIpc) is 3.26. The maximum atomic E-state index is 13.2. The number of fused-ring (bicyclic) bond motifs is 1. The quantitative estimate of drug-likeness (QED) is 0.474. The molecule has 1 fully saturated rings. The minimum Gasteiger partial charge on any atom is -0.497 e. The standard InChI is InChI=1S/C24H22N4O5/c1-33-18-9-5-8-16(12-18)27-21(29)19-11-10-17(13-20(19)22(27)30)28-24(32)26(23(31)25-28)14-15-6-3-2-4-7-15/h2-12,17,19-20H,13-14H2,1H3,(H,25,31)/t17-,19-,20-/m0/s1. The monoisotopic (exact) mass is 446 g/mol. The van der Waals surface area contributed by atoms with Crippen LogP contribution >= 0.6 is 0 Å². The van der Waals surface area contributed by atoms with E-state index in [0.29, 0.717) is 11.4 Å². The van der Waals surface area contributed by atoms with Crippen LogP contribution in [-0.4, -0.2) is 33.3 Å². The zero-order valence-corrected chi connectivity index (χ0v) is 17.9. The third kappa shape index (κ3) is 3.51. The smallest absolute Gasteiger partial charge is 0.347 e. The number of ether oxygens (including phenoxy) is 1. The number of aromatic nitrogens is 3. The molecule has 2 amide bonds. The Bertz CT molecular complexity index is 1370. The average molecular weight is 446 g/mol. The molecule has 33 heavy (non-hydrogen) atoms. The van der Waals surface area contributed by atoms with Gasteiger partial charge in [-0.2, -0.15) is 0 Å². The molecule has 2 heterocycles. The molecule has 9 nitrogen and oxygen atoms in total. The van der Waals surface area contributed by atoms with Gasteiger partial charge < -0.3 is 4.74 Å². The van der Waals surface area contributed by atoms with Crippen molar-refractivity contribution in [2.24, 2.45) is 11.8 Å². The summed E-state index contributed by atoms with van der Waals surface area (Å²) in [4.78, 5) is 52.8. The minimum atomic E-state index is -0.619. The summed E-state index contributed by atoms with van der Waals surface area (Å²) in [5.41, 5.74) is 0.264. The van der Waals surface area contributed by atoms with Gasteiger partial charge in [-0.15, -0.1) is 0 Å². The summed E-state index contributed by atoms with van der Waals surface area (Å²) >= 11 is 0. The summed E-state index contributed by atoms with van der Waals surface area (Å²) in [5, 5.41) is 2.60. The zero-order chi connectivity index (χ0) is 23.1. The van der Waals surface area contributed by atoms with E-state index in [-0.39, 0.29) is 24.8 Å². The summed E-state index contributed by atoms with van der Waals surface area (Å²) in [6.07, 6.45) is 3.61. The van der Waals surface area contributed by atoms with Gasteiger partial charge in [0.1, 0.15) is 5.75 Å². The van der Waals surface area contributed by atoms with Crippen LogP contribution in [0, 0.1) is 11.8 Å². The van der Waals surface area contributed by atoms with Gasteiger partial charge in [-0.25, -0.2) is 28.8 Å². The van der Waals surface area contributed by atoms with Crippen LogP contribution in [0.2, 0.25) is 0 Å². The highest BCUT2D eigenvalue weighted by atomic mass is 16.5. The van der Waals surface area contributed by atoms with Gasteiger partial charge in [-0.3, -0.25) is 9.59 Å². The first kappa shape index (κ1) is 20.7. The highest BCUT2D eigenvalue weighted by Gasteiger charge is 2.49. The number of H-pyrrole nitrogens is 1. The minimum absolute atomic E-state index is 0.144. The molecule has 2 aromatic carbocycles. The van der Waals surface area contributed by atoms with E-state index in [1.165, 1.54) is 16.7 Å². The number of imide groups is 1. The Hall–Kier alpha value is -4.14. The number of nitrogens with zero attached hydrogens (tertiary/aromatic N) is 3. The second-order valence-corrected chi connectivity index (χ2v) is 8.17. The van der Waals surface area contributed by atoms with Gasteiger partial charge in [-0.05, 0) is 24.1 Å². The molecule has 0 spiro atoms. The number of nitrogens with one attached hydrogen (secondary N) is 1. The Morgan fingerprint density at radius 1 is 0.970 bits per heavy atom. The molecule has 1 aliphatic heterocycles. The van der Waals surface area contributed by atoms with E-state index < -0.39 is 29.3 Å². The van der Waals surface area contributed by atoms with Crippen molar-refractivity contribution in [2.45, 2.75) is 19.0 Å². The number of benzene rings is 2. The first-order chi connectivity index (χ1) is 16.0. The molecule has 3 atom stereocenters. The van der Waals surface area contributed by atoms with Crippen molar-refractivity contribution in [1.29, 1.82) is 0 Å². The summed E-state index contributed by atoms with van der Waals surface area (Å²) in [6, 6.07) is 15.5. The van der Waals surface area contributed by atoms with Crippen LogP contribution in [0.25, 0.3) is 0 Å². The highest BCUT2D eigenvalue weighted by molar-refractivity contribution is 6.22. The van der Waals surface area contributed by atoms with Crippen LogP contribution < -0.4 is 21.0 Å². The van der Waals surface area contributed by atoms with Crippen LogP contribution in [0.4, 0.5) is 5.69 Å². The van der Waals surface area contributed by atoms with Gasteiger partial charge in [0, 0.05) is 6.07 Å². The fourth-order valence-corrected chi connectivity index (χ4v) is 4.55. The van der Waals surface area contributed by atoms with E-state index in [0.717, 1.165) is 10.1 Å². The number of carbonyl (C=O) groups excluding carboxylic acids is 2. The predicted molar refractivity (Wildman–Crippen MR) is 120 cm³/mol. The largest absolute Gasteiger partial charge is 0.497 e. The summed E-state index contributed by atoms with van der Waals surface area (Å²) in [6.45, 7) is 0.144. The Kier molecular flexibility index (Phi) is 5.08. The van der Waals surface area contributed by atoms with Crippen LogP contribution in [0.1, 0.15) is 18.0 Å². The molecule has 5 rings (SSSR count). The number of rotatable bonds is 5. The van der Waals surface area contributed by atoms with Crippen molar-refractivity contribution < 1.29 is 14.3 Å². The molecule has 0 saturated carbocycles. The lowest BCUT2D eigenvalue weighted by molar-refractivity contribution is -0.122. The number of methoxy groups -OCH3 is 1. The van der Waals surface area contributed by atoms with Crippen LogP contribution in [0.5, 0.6) is 5.75 Å². The lowest BCUT2D eigenvalue weighted by Crippen LogP contribution is -2.33. The fraction of sp³-hybridized carbons (Fsp3) is 0.250. The maximum Gasteiger partial charge on any atom is 0.347 e. The van der Waals surface area contributed by atoms with Crippen LogP contribution in [0.3, 0.4) is 0 Å². The molecular formula is C24H22N4O5. The summed E-state index contributed by atoms with van der Waals surface area (Å²) in [5.74, 6) is -1.32. The molecule has 1 aliphatic carbocycles. The SMILES string of the molecule is COc1cccc(N2C(=O)[C@H]3C=C[C@H](n4[nH]c(=O)n(Cc5ccccc5)c4=O)C[C@@H]3C2=O)c1. The van der Waals surface area contributed by atoms with Crippen LogP contribution in [0.15, 0.2) is 76.3 Å². The van der Waals surface area contributed by atoms with Gasteiger partial charge in [0.15, 0.2) is 0 Å². The number of amides is 2. The van der Waals surface area contributed by atoms with Crippen molar-refractivity contribution in [3.05, 3.63) is 93.3 Å². The lowest BCUT2D eigenvalue weighted by Gasteiger charge is -2.23. The molecule has 0 unspecified atom stereocenters. The van der Waals surface area contributed by atoms with Crippen molar-refractivity contribution >= 4 is 17.5 Å². The van der Waals surface area contributed by atoms with E-state index in [4.69, 9.17) is 4.74 Å². The normalized spacial score (nSPS) is 22.0. The van der Waals surface area contributed by atoms with Gasteiger partial charge in [-0.1, -0.05) is 48.6 Å². The molecule has 2 aliphatic rings. The first-order valence-corrected chi connectivity index (χ1v) is 10.6. The molecule has 1 aromatic heterocycles. The topological polar surface area (TPSA) is 106 Å². The number of carbonyl (C=O) groups is 2. The van der Waals surface area contributed by atoms with Crippen molar-refractivity contribution in [2.75, 3.05) is 12.0 Å². The molecule has 9 heteroatoms. The third-order valence-electron chi connectivity index (χ3n) is 6.24. The Labute approximate surface area is 188 Å². The van der Waals surface area contributed by atoms with Gasteiger partial charge in [0.2, 0.25) is 11.8 Å². The fourth-order valence-electron chi connectivity index (χ4n) is 4.55. The van der Waals surface area contributed by atoms with Crippen molar-refractivity contribution in [3.8, 4) is 5.75 Å². The zero-order valence-electron chi connectivity index (χ0n) is 17.9. The molecular weight excluding hydrogens is 424 g/mol. The second kappa shape index (κ2) is 8.09. The van der Waals surface area contributed by atoms with E-state index in [2.05, 4.69) is 5.10 Å². The summed E-state index contributed by atoms with van der Waals surface area (Å²) < 4.78 is 7.57. The van der Waals surface area contributed by atoms with E-state index >= 15 is 0 Å². The molecule has 3 aromatic rings. The van der Waals surface area contributed by atoms with Gasteiger partial charge >= 0.3 is 11.4 Å². The van der Waals surface area contributed by atoms with E-state index in [1.807, 2.05) is 30.3 Å². The maximum absolute atomic E-state index is 13.2. The number of hydrogen-bond acceptors (Lipinski definition) is 5. The van der Waals surface area contributed by atoms with Crippen molar-refractivity contribution in [1.82, 2.24) is 14.3 Å². The number of anilines is 1. The Morgan fingerprint density at radius 2 is 1.76 bits per heavy atom. The third-order valence-corrected chi connectivity index (χ3v) is 6.24. The molecule has 1 saturated heterocycles.